The summed E-state index contributed by atoms with van der Waals surface area (Å²) in [6, 6.07) is 5.87. The Morgan fingerprint density at radius 2 is 2.08 bits per heavy atom. The number of thiazole rings is 1. The van der Waals surface area contributed by atoms with Crippen LogP contribution < -0.4 is 5.32 Å². The predicted octanol–water partition coefficient (Wildman–Crippen LogP) is 3.75. The maximum absolute atomic E-state index is 6.07. The van der Waals surface area contributed by atoms with Crippen molar-refractivity contribution in [2.45, 2.75) is 31.6 Å². The highest BCUT2D eigenvalue weighted by atomic mass is 127. The van der Waals surface area contributed by atoms with E-state index in [4.69, 9.17) is 16.3 Å². The molecule has 26 heavy (non-hydrogen) atoms. The Balaban J connectivity index is 0.00000168. The largest absolute Gasteiger partial charge is 0.374 e. The molecule has 1 aromatic heterocycles. The smallest absolute Gasteiger partial charge is 0.194 e. The number of aromatic nitrogens is 1. The van der Waals surface area contributed by atoms with Crippen molar-refractivity contribution >= 4 is 63.1 Å². The minimum absolute atomic E-state index is 0. The minimum atomic E-state index is 0. The van der Waals surface area contributed by atoms with E-state index in [1.165, 1.54) is 17.5 Å². The molecule has 140 valence electrons. The van der Waals surface area contributed by atoms with Gasteiger partial charge in [-0.2, -0.15) is 0 Å². The molecule has 0 saturated carbocycles. The molecule has 1 aromatic carbocycles. The number of nitrogens with zero attached hydrogens (tertiary/aromatic N) is 3. The zero-order valence-corrected chi connectivity index (χ0v) is 18.4. The molecule has 2 aromatic rings. The average molecular weight is 505 g/mol. The van der Waals surface area contributed by atoms with Gasteiger partial charge in [0.25, 0.3) is 0 Å². The fraction of sp³-hybridized carbons (Fsp3) is 0.556. The molecule has 1 N–H and O–H groups in total. The second-order valence-corrected chi connectivity index (χ2v) is 8.70. The Morgan fingerprint density at radius 3 is 2.77 bits per heavy atom. The zero-order valence-electron chi connectivity index (χ0n) is 14.5. The van der Waals surface area contributed by atoms with E-state index in [0.29, 0.717) is 30.6 Å². The third-order valence-electron chi connectivity index (χ3n) is 5.76. The van der Waals surface area contributed by atoms with Gasteiger partial charge in [-0.3, -0.25) is 4.99 Å². The van der Waals surface area contributed by atoms with Crippen molar-refractivity contribution in [2.24, 2.45) is 16.8 Å². The highest BCUT2D eigenvalue weighted by Crippen LogP contribution is 2.47. The predicted molar refractivity (Wildman–Crippen MR) is 117 cm³/mol. The van der Waals surface area contributed by atoms with Crippen LogP contribution in [0.15, 0.2) is 23.2 Å². The Kier molecular flexibility index (Phi) is 5.33. The highest BCUT2D eigenvalue weighted by molar-refractivity contribution is 14.0. The molecule has 5 rings (SSSR count). The fourth-order valence-electron chi connectivity index (χ4n) is 4.64. The van der Waals surface area contributed by atoms with Crippen LogP contribution >= 0.6 is 46.9 Å². The molecule has 8 heteroatoms. The van der Waals surface area contributed by atoms with Crippen LogP contribution in [0.3, 0.4) is 0 Å². The standard InChI is InChI=1S/C18H21ClN4OS.HI/c1-20-18(23-8-11-12(9-23)15-4-3-14(11)24-15)21-7-17-22-13-6-10(19)2-5-16(13)25-17;/h2,5-6,11-12,14-15H,3-4,7-9H2,1H3,(H,20,21);1H. The van der Waals surface area contributed by atoms with Crippen LogP contribution in [0.1, 0.15) is 17.8 Å². The first-order valence-electron chi connectivity index (χ1n) is 8.87. The van der Waals surface area contributed by atoms with Crippen molar-refractivity contribution in [2.75, 3.05) is 20.1 Å². The van der Waals surface area contributed by atoms with Crippen LogP contribution in [0.5, 0.6) is 0 Å². The summed E-state index contributed by atoms with van der Waals surface area (Å²) in [4.78, 5) is 11.6. The number of benzene rings is 1. The monoisotopic (exact) mass is 504 g/mol. The van der Waals surface area contributed by atoms with E-state index in [1.54, 1.807) is 11.3 Å². The lowest BCUT2D eigenvalue weighted by molar-refractivity contribution is 0.0767. The summed E-state index contributed by atoms with van der Waals surface area (Å²) in [5.74, 6) is 2.34. The van der Waals surface area contributed by atoms with Crippen molar-refractivity contribution in [1.29, 1.82) is 0 Å². The van der Waals surface area contributed by atoms with Gasteiger partial charge in [0.1, 0.15) is 5.01 Å². The van der Waals surface area contributed by atoms with Gasteiger partial charge in [0.15, 0.2) is 5.96 Å². The lowest BCUT2D eigenvalue weighted by Crippen LogP contribution is -2.40. The third-order valence-corrected chi connectivity index (χ3v) is 7.03. The SMILES string of the molecule is CN=C(NCc1nc2cc(Cl)ccc2s1)N1CC2C3CCC(O3)C2C1.I. The highest BCUT2D eigenvalue weighted by Gasteiger charge is 2.53. The summed E-state index contributed by atoms with van der Waals surface area (Å²) < 4.78 is 7.23. The maximum Gasteiger partial charge on any atom is 0.194 e. The van der Waals surface area contributed by atoms with Crippen LogP contribution in [0.25, 0.3) is 10.2 Å². The molecule has 2 bridgehead atoms. The van der Waals surface area contributed by atoms with Gasteiger partial charge in [-0.1, -0.05) is 11.6 Å². The molecule has 3 aliphatic heterocycles. The van der Waals surface area contributed by atoms with E-state index < -0.39 is 0 Å². The zero-order chi connectivity index (χ0) is 17.0. The maximum atomic E-state index is 6.07. The van der Waals surface area contributed by atoms with Crippen molar-refractivity contribution in [3.05, 3.63) is 28.2 Å². The van der Waals surface area contributed by atoms with Crippen LogP contribution in [0.4, 0.5) is 0 Å². The van der Waals surface area contributed by atoms with Crippen molar-refractivity contribution in [1.82, 2.24) is 15.2 Å². The molecule has 3 fully saturated rings. The van der Waals surface area contributed by atoms with Crippen LogP contribution in [0, 0.1) is 11.8 Å². The second kappa shape index (κ2) is 7.41. The van der Waals surface area contributed by atoms with Crippen molar-refractivity contribution < 1.29 is 4.74 Å². The van der Waals surface area contributed by atoms with Crippen LogP contribution in [-0.2, 0) is 11.3 Å². The molecule has 0 spiro atoms. The first-order chi connectivity index (χ1) is 12.2. The number of likely N-dealkylation sites (tertiary alicyclic amines) is 1. The van der Waals surface area contributed by atoms with E-state index in [2.05, 4.69) is 20.2 Å². The van der Waals surface area contributed by atoms with Gasteiger partial charge in [-0.25, -0.2) is 4.98 Å². The number of aliphatic imine (C=N–C) groups is 1. The summed E-state index contributed by atoms with van der Waals surface area (Å²) in [5.41, 5.74) is 0.966. The van der Waals surface area contributed by atoms with Gasteiger partial charge in [0.2, 0.25) is 0 Å². The first kappa shape index (κ1) is 18.7. The molecule has 4 heterocycles. The minimum Gasteiger partial charge on any atom is -0.374 e. The number of hydrogen-bond acceptors (Lipinski definition) is 4. The van der Waals surface area contributed by atoms with Gasteiger partial charge < -0.3 is 15.0 Å². The average Bonchev–Trinajstić information content (AvgIpc) is 3.35. The number of guanidine groups is 1. The lowest BCUT2D eigenvalue weighted by atomic mass is 9.82. The van der Waals surface area contributed by atoms with E-state index >= 15 is 0 Å². The molecule has 5 nitrogen and oxygen atoms in total. The number of nitrogens with one attached hydrogen (secondary N) is 1. The molecule has 0 aliphatic carbocycles. The summed E-state index contributed by atoms with van der Waals surface area (Å²) >= 11 is 7.75. The van der Waals surface area contributed by atoms with Gasteiger partial charge >= 0.3 is 0 Å². The normalized spacial score (nSPS) is 29.9. The summed E-state index contributed by atoms with van der Waals surface area (Å²) in [6.45, 7) is 2.81. The van der Waals surface area contributed by atoms with Gasteiger partial charge in [-0.15, -0.1) is 35.3 Å². The quantitative estimate of drug-likeness (QED) is 0.384. The summed E-state index contributed by atoms with van der Waals surface area (Å²) in [6.07, 6.45) is 3.43. The Bertz CT molecular complexity index is 826. The number of rotatable bonds is 2. The summed E-state index contributed by atoms with van der Waals surface area (Å²) in [5, 5.41) is 5.28. The van der Waals surface area contributed by atoms with E-state index in [-0.39, 0.29) is 24.0 Å². The second-order valence-electron chi connectivity index (χ2n) is 7.14. The Labute approximate surface area is 179 Å². The molecule has 4 unspecified atom stereocenters. The lowest BCUT2D eigenvalue weighted by Gasteiger charge is -2.23. The number of fused-ring (bicyclic) bond motifs is 6. The topological polar surface area (TPSA) is 49.8 Å². The van der Waals surface area contributed by atoms with E-state index in [1.807, 2.05) is 25.2 Å². The number of ether oxygens (including phenoxy) is 1. The molecule has 3 aliphatic rings. The van der Waals surface area contributed by atoms with E-state index in [0.717, 1.165) is 34.6 Å². The van der Waals surface area contributed by atoms with Crippen LogP contribution in [-0.4, -0.2) is 48.2 Å². The van der Waals surface area contributed by atoms with Crippen LogP contribution in [0.2, 0.25) is 5.02 Å². The number of halogens is 2. The third kappa shape index (κ3) is 3.21. The molecule has 3 saturated heterocycles. The molecular weight excluding hydrogens is 483 g/mol. The molecule has 0 amide bonds. The number of hydrogen-bond donors (Lipinski definition) is 1. The molecule has 0 radical (unpaired) electrons. The van der Waals surface area contributed by atoms with Crippen molar-refractivity contribution in [3.63, 3.8) is 0 Å². The Morgan fingerprint density at radius 1 is 1.35 bits per heavy atom. The van der Waals surface area contributed by atoms with Gasteiger partial charge in [0.05, 0.1) is 29.0 Å². The molecule has 4 atom stereocenters. The van der Waals surface area contributed by atoms with E-state index in [9.17, 15) is 0 Å². The van der Waals surface area contributed by atoms with Crippen molar-refractivity contribution in [3.8, 4) is 0 Å². The van der Waals surface area contributed by atoms with Gasteiger partial charge in [0, 0.05) is 37.0 Å². The fourth-order valence-corrected chi connectivity index (χ4v) is 5.70. The Hall–Kier alpha value is -0.640. The van der Waals surface area contributed by atoms with Gasteiger partial charge in [-0.05, 0) is 31.0 Å². The first-order valence-corrected chi connectivity index (χ1v) is 10.1. The summed E-state index contributed by atoms with van der Waals surface area (Å²) in [7, 11) is 1.86. The molecular formula is C18H22ClIN4OS.